The molecule has 1 aromatic carbocycles. The van der Waals surface area contributed by atoms with E-state index in [2.05, 4.69) is 15.9 Å². The molecule has 0 aliphatic carbocycles. The van der Waals surface area contributed by atoms with E-state index < -0.39 is 5.82 Å². The first kappa shape index (κ1) is 9.12. The van der Waals surface area contributed by atoms with Crippen molar-refractivity contribution in [1.29, 1.82) is 0 Å². The molecule has 0 fully saturated rings. The molecular formula is C7H3BrFIO. The zero-order valence-corrected chi connectivity index (χ0v) is 9.02. The summed E-state index contributed by atoms with van der Waals surface area (Å²) in [6.07, 6.45) is 0.635. The quantitative estimate of drug-likeness (QED) is 0.440. The molecule has 4 heteroatoms. The Bertz CT molecular complexity index is 301. The molecule has 1 aromatic rings. The maximum absolute atomic E-state index is 12.6. The lowest BCUT2D eigenvalue weighted by atomic mass is 10.2. The topological polar surface area (TPSA) is 17.1 Å². The number of carbonyl (C=O) groups is 1. The summed E-state index contributed by atoms with van der Waals surface area (Å²) < 4.78 is 13.9. The fraction of sp³-hybridized carbons (Fsp3) is 0. The van der Waals surface area contributed by atoms with Gasteiger partial charge in [-0.25, -0.2) is 4.39 Å². The standard InChI is InChI=1S/C7H3BrFIO/c8-6-2-5(9)1-4(3-11)7(6)10/h1-3H. The highest BCUT2D eigenvalue weighted by atomic mass is 127. The largest absolute Gasteiger partial charge is 0.298 e. The van der Waals surface area contributed by atoms with Crippen molar-refractivity contribution in [2.75, 3.05) is 0 Å². The van der Waals surface area contributed by atoms with E-state index in [9.17, 15) is 9.18 Å². The Morgan fingerprint density at radius 2 is 2.18 bits per heavy atom. The normalized spacial score (nSPS) is 9.73. The molecule has 0 atom stereocenters. The van der Waals surface area contributed by atoms with Crippen molar-refractivity contribution in [3.05, 3.63) is 31.6 Å². The summed E-state index contributed by atoms with van der Waals surface area (Å²) in [5.41, 5.74) is 0.373. The zero-order chi connectivity index (χ0) is 8.43. The Labute approximate surface area is 85.3 Å². The van der Waals surface area contributed by atoms with E-state index in [0.717, 1.165) is 3.57 Å². The molecule has 0 amide bonds. The van der Waals surface area contributed by atoms with E-state index in [4.69, 9.17) is 0 Å². The molecule has 1 nitrogen and oxygen atoms in total. The van der Waals surface area contributed by atoms with Crippen LogP contribution in [0.3, 0.4) is 0 Å². The smallest absolute Gasteiger partial charge is 0.151 e. The lowest BCUT2D eigenvalue weighted by molar-refractivity contribution is 0.112. The van der Waals surface area contributed by atoms with Gasteiger partial charge < -0.3 is 0 Å². The second-order valence-corrected chi connectivity index (χ2v) is 3.84. The molecule has 0 aliphatic rings. The Hall–Kier alpha value is 0.0300. The minimum Gasteiger partial charge on any atom is -0.298 e. The maximum Gasteiger partial charge on any atom is 0.151 e. The van der Waals surface area contributed by atoms with Gasteiger partial charge in [0.1, 0.15) is 5.82 Å². The van der Waals surface area contributed by atoms with Crippen LogP contribution in [0, 0.1) is 9.39 Å². The van der Waals surface area contributed by atoms with Gasteiger partial charge in [-0.15, -0.1) is 0 Å². The van der Waals surface area contributed by atoms with Crippen molar-refractivity contribution in [3.63, 3.8) is 0 Å². The monoisotopic (exact) mass is 328 g/mol. The fourth-order valence-corrected chi connectivity index (χ4v) is 1.55. The molecule has 58 valence electrons. The van der Waals surface area contributed by atoms with Crippen LogP contribution >= 0.6 is 38.5 Å². The summed E-state index contributed by atoms with van der Waals surface area (Å²) in [5, 5.41) is 0. The zero-order valence-electron chi connectivity index (χ0n) is 5.27. The van der Waals surface area contributed by atoms with Crippen molar-refractivity contribution in [2.24, 2.45) is 0 Å². The molecule has 11 heavy (non-hydrogen) atoms. The second-order valence-electron chi connectivity index (χ2n) is 1.91. The average Bonchev–Trinajstić information content (AvgIpc) is 1.96. The van der Waals surface area contributed by atoms with Gasteiger partial charge in [-0.05, 0) is 50.7 Å². The lowest BCUT2D eigenvalue weighted by Gasteiger charge is -1.98. The summed E-state index contributed by atoms with van der Waals surface area (Å²) >= 11 is 5.11. The SMILES string of the molecule is O=Cc1cc(F)cc(Br)c1I. The first-order valence-electron chi connectivity index (χ1n) is 2.75. The van der Waals surface area contributed by atoms with Crippen molar-refractivity contribution in [2.45, 2.75) is 0 Å². The van der Waals surface area contributed by atoms with Crippen LogP contribution in [-0.2, 0) is 0 Å². The molecule has 0 aliphatic heterocycles. The third-order valence-electron chi connectivity index (χ3n) is 1.15. The van der Waals surface area contributed by atoms with E-state index in [1.807, 2.05) is 22.6 Å². The number of hydrogen-bond donors (Lipinski definition) is 0. The molecule has 0 saturated carbocycles. The molecule has 0 heterocycles. The van der Waals surface area contributed by atoms with Crippen LogP contribution in [-0.4, -0.2) is 6.29 Å². The molecule has 1 rings (SSSR count). The van der Waals surface area contributed by atoms with Gasteiger partial charge in [0.05, 0.1) is 0 Å². The Morgan fingerprint density at radius 1 is 1.55 bits per heavy atom. The molecule has 0 unspecified atom stereocenters. The Balaban J connectivity index is 3.35. The molecular weight excluding hydrogens is 326 g/mol. The summed E-state index contributed by atoms with van der Waals surface area (Å²) in [5.74, 6) is -0.403. The number of halogens is 3. The summed E-state index contributed by atoms with van der Waals surface area (Å²) in [6.45, 7) is 0. The number of carbonyl (C=O) groups excluding carboxylic acids is 1. The molecule has 0 radical (unpaired) electrons. The Kier molecular flexibility index (Phi) is 3.00. The highest BCUT2D eigenvalue weighted by Gasteiger charge is 2.04. The van der Waals surface area contributed by atoms with Crippen LogP contribution in [0.25, 0.3) is 0 Å². The molecule has 0 saturated heterocycles. The van der Waals surface area contributed by atoms with Crippen LogP contribution < -0.4 is 0 Å². The van der Waals surface area contributed by atoms with E-state index in [1.165, 1.54) is 12.1 Å². The van der Waals surface area contributed by atoms with Crippen molar-refractivity contribution < 1.29 is 9.18 Å². The summed E-state index contributed by atoms with van der Waals surface area (Å²) in [6, 6.07) is 2.54. The van der Waals surface area contributed by atoms with Gasteiger partial charge in [0, 0.05) is 13.6 Å². The average molecular weight is 329 g/mol. The van der Waals surface area contributed by atoms with Gasteiger partial charge in [-0.2, -0.15) is 0 Å². The second kappa shape index (κ2) is 3.62. The first-order valence-corrected chi connectivity index (χ1v) is 4.62. The summed E-state index contributed by atoms with van der Waals surface area (Å²) in [7, 11) is 0. The lowest BCUT2D eigenvalue weighted by Crippen LogP contribution is -1.89. The highest BCUT2D eigenvalue weighted by Crippen LogP contribution is 2.22. The van der Waals surface area contributed by atoms with Gasteiger partial charge in [0.15, 0.2) is 6.29 Å². The number of rotatable bonds is 1. The predicted octanol–water partition coefficient (Wildman–Crippen LogP) is 3.01. The van der Waals surface area contributed by atoms with Crippen LogP contribution in [0.15, 0.2) is 16.6 Å². The predicted molar refractivity (Wildman–Crippen MR) is 52.2 cm³/mol. The fourth-order valence-electron chi connectivity index (χ4n) is 0.662. The highest BCUT2D eigenvalue weighted by molar-refractivity contribution is 14.1. The molecule has 0 bridgehead atoms. The molecule has 0 N–H and O–H groups in total. The number of hydrogen-bond acceptors (Lipinski definition) is 1. The molecule has 0 spiro atoms. The van der Waals surface area contributed by atoms with Crippen LogP contribution in [0.1, 0.15) is 10.4 Å². The first-order chi connectivity index (χ1) is 5.15. The van der Waals surface area contributed by atoms with E-state index in [1.54, 1.807) is 0 Å². The van der Waals surface area contributed by atoms with Gasteiger partial charge in [0.2, 0.25) is 0 Å². The van der Waals surface area contributed by atoms with Crippen LogP contribution in [0.5, 0.6) is 0 Å². The van der Waals surface area contributed by atoms with Crippen molar-refractivity contribution >= 4 is 44.8 Å². The van der Waals surface area contributed by atoms with Crippen LogP contribution in [0.4, 0.5) is 4.39 Å². The van der Waals surface area contributed by atoms with Gasteiger partial charge in [0.25, 0.3) is 0 Å². The third kappa shape index (κ3) is 1.99. The van der Waals surface area contributed by atoms with Crippen molar-refractivity contribution in [3.8, 4) is 0 Å². The van der Waals surface area contributed by atoms with E-state index >= 15 is 0 Å². The number of benzene rings is 1. The van der Waals surface area contributed by atoms with Gasteiger partial charge in [-0.1, -0.05) is 0 Å². The van der Waals surface area contributed by atoms with E-state index in [0.29, 0.717) is 16.3 Å². The van der Waals surface area contributed by atoms with E-state index in [-0.39, 0.29) is 0 Å². The summed E-state index contributed by atoms with van der Waals surface area (Å²) in [4.78, 5) is 10.3. The molecule has 0 aromatic heterocycles. The third-order valence-corrected chi connectivity index (χ3v) is 3.72. The Morgan fingerprint density at radius 3 is 2.73 bits per heavy atom. The van der Waals surface area contributed by atoms with Gasteiger partial charge >= 0.3 is 0 Å². The van der Waals surface area contributed by atoms with Crippen LogP contribution in [0.2, 0.25) is 0 Å². The van der Waals surface area contributed by atoms with Crippen molar-refractivity contribution in [1.82, 2.24) is 0 Å². The minimum atomic E-state index is -0.403. The number of aldehydes is 1. The maximum atomic E-state index is 12.6. The minimum absolute atomic E-state index is 0.373. The van der Waals surface area contributed by atoms with Gasteiger partial charge in [-0.3, -0.25) is 4.79 Å².